The number of nitrogens with one attached hydrogen (secondary N) is 2. The van der Waals surface area contributed by atoms with Crippen molar-refractivity contribution < 1.29 is 28.4 Å². The van der Waals surface area contributed by atoms with Gasteiger partial charge in [-0.25, -0.2) is 9.49 Å². The molecule has 4 saturated heterocycles. The van der Waals surface area contributed by atoms with Crippen LogP contribution in [0.5, 0.6) is 0 Å². The van der Waals surface area contributed by atoms with Crippen LogP contribution in [0.15, 0.2) is 71.5 Å². The zero-order chi connectivity index (χ0) is 51.4. The number of halogens is 2. The maximum absolute atomic E-state index is 15.1. The number of nitrogens with zero attached hydrogens (tertiary/aromatic N) is 7. The summed E-state index contributed by atoms with van der Waals surface area (Å²) in [5.74, 6) is -0.581. The van der Waals surface area contributed by atoms with Crippen molar-refractivity contribution in [3.63, 3.8) is 0 Å². The molecule has 0 bridgehead atoms. The third-order valence-corrected chi connectivity index (χ3v) is 16.0. The molecule has 5 amide bonds. The summed E-state index contributed by atoms with van der Waals surface area (Å²) in [6.07, 6.45) is 9.19. The molecule has 1 saturated carbocycles. The molecule has 9 rings (SSSR count). The summed E-state index contributed by atoms with van der Waals surface area (Å²) < 4.78 is 15.1. The van der Waals surface area contributed by atoms with Crippen LogP contribution in [-0.2, 0) is 20.8 Å². The smallest absolute Gasteiger partial charge is 0.272 e. The minimum absolute atomic E-state index is 0.0147. The standard InChI is InChI=1S/C54H67ClFN9O6.C2H6/c55-33-48(66)65-19-7-12-42(35-65)40-10-6-11-41(32-40)51(68)57-50(39-8-2-1-3-9-39)54(71)64-24-22-61(23-25-64)34-37-17-20-60(21-18-37)36-49(67)62-26-28-63(29-27-62)53(70)45-30-38(15-16-46(45)56)31-47-43-13-4-5-14-44(43)52(69)59-58-47;1-2/h4-6,10-11,13-16,30,32,37,39,42,50H,1-3,7-9,12,17-29,31,33-36H2,(H,57,68)(H,59,69);1-2H3. The van der Waals surface area contributed by atoms with Gasteiger partial charge in [-0.1, -0.05) is 69.5 Å². The van der Waals surface area contributed by atoms with Crippen LogP contribution in [0.3, 0.4) is 0 Å². The number of amides is 5. The number of aromatic amines is 1. The van der Waals surface area contributed by atoms with Gasteiger partial charge in [0.25, 0.3) is 17.4 Å². The number of hydrogen-bond donors (Lipinski definition) is 2. The van der Waals surface area contributed by atoms with E-state index >= 15 is 4.39 Å². The Hall–Kier alpha value is -5.71. The molecule has 5 aliphatic rings. The van der Waals surface area contributed by atoms with Gasteiger partial charge in [-0.15, -0.1) is 11.6 Å². The van der Waals surface area contributed by atoms with Crippen LogP contribution in [0.2, 0.25) is 0 Å². The second-order valence-corrected chi connectivity index (χ2v) is 20.6. The number of rotatable bonds is 13. The number of carbonyl (C=O) groups is 5. The number of likely N-dealkylation sites (tertiary alicyclic amines) is 2. The van der Waals surface area contributed by atoms with Crippen molar-refractivity contribution in [3.8, 4) is 0 Å². The van der Waals surface area contributed by atoms with E-state index in [0.717, 1.165) is 96.1 Å². The van der Waals surface area contributed by atoms with Crippen LogP contribution in [0, 0.1) is 17.7 Å². The van der Waals surface area contributed by atoms with Crippen molar-refractivity contribution in [2.24, 2.45) is 11.8 Å². The van der Waals surface area contributed by atoms with E-state index < -0.39 is 17.8 Å². The molecule has 5 heterocycles. The first kappa shape index (κ1) is 53.6. The first-order valence-corrected chi connectivity index (χ1v) is 27.3. The average Bonchev–Trinajstić information content (AvgIpc) is 3.44. The Kier molecular flexibility index (Phi) is 18.7. The molecule has 17 heteroatoms. The maximum atomic E-state index is 15.1. The zero-order valence-corrected chi connectivity index (χ0v) is 43.4. The highest BCUT2D eigenvalue weighted by molar-refractivity contribution is 6.27. The summed E-state index contributed by atoms with van der Waals surface area (Å²) in [6.45, 7) is 12.4. The highest BCUT2D eigenvalue weighted by atomic mass is 35.5. The van der Waals surface area contributed by atoms with Crippen molar-refractivity contribution in [2.45, 2.75) is 90.0 Å². The first-order chi connectivity index (χ1) is 35.5. The van der Waals surface area contributed by atoms with E-state index in [-0.39, 0.29) is 52.5 Å². The van der Waals surface area contributed by atoms with Crippen molar-refractivity contribution in [3.05, 3.63) is 111 Å². The topological polar surface area (TPSA) is 163 Å². The number of piperidine rings is 2. The molecular formula is C56H73ClFN9O6. The number of piperazine rings is 2. The highest BCUT2D eigenvalue weighted by Crippen LogP contribution is 2.31. The van der Waals surface area contributed by atoms with Gasteiger partial charge >= 0.3 is 0 Å². The average molecular weight is 1020 g/mol. The van der Waals surface area contributed by atoms with Gasteiger partial charge in [0.15, 0.2) is 0 Å². The summed E-state index contributed by atoms with van der Waals surface area (Å²) in [7, 11) is 0. The largest absolute Gasteiger partial charge is 0.341 e. The molecule has 4 aliphatic heterocycles. The fourth-order valence-corrected chi connectivity index (χ4v) is 11.7. The Balaban J connectivity index is 0.00000351. The summed E-state index contributed by atoms with van der Waals surface area (Å²) >= 11 is 5.86. The van der Waals surface area contributed by atoms with Crippen molar-refractivity contribution in [2.75, 3.05) is 97.5 Å². The number of carbonyl (C=O) groups excluding carboxylic acids is 5. The predicted octanol–water partition coefficient (Wildman–Crippen LogP) is 6.14. The Morgan fingerprint density at radius 2 is 1.41 bits per heavy atom. The van der Waals surface area contributed by atoms with Gasteiger partial charge < -0.3 is 24.9 Å². The van der Waals surface area contributed by atoms with Crippen LogP contribution in [0.1, 0.15) is 115 Å². The van der Waals surface area contributed by atoms with E-state index in [1.807, 2.05) is 60.0 Å². The highest BCUT2D eigenvalue weighted by Gasteiger charge is 2.36. The van der Waals surface area contributed by atoms with E-state index in [1.165, 1.54) is 6.07 Å². The van der Waals surface area contributed by atoms with Gasteiger partial charge in [0, 0.05) is 95.3 Å². The number of alkyl halides is 1. The number of benzene rings is 3. The van der Waals surface area contributed by atoms with Gasteiger partial charge in [0.05, 0.1) is 23.2 Å². The second kappa shape index (κ2) is 25.5. The molecule has 0 spiro atoms. The van der Waals surface area contributed by atoms with Crippen molar-refractivity contribution >= 4 is 51.9 Å². The monoisotopic (exact) mass is 1020 g/mol. The molecule has 73 heavy (non-hydrogen) atoms. The third-order valence-electron chi connectivity index (χ3n) is 15.8. The third kappa shape index (κ3) is 13.3. The van der Waals surface area contributed by atoms with E-state index in [0.29, 0.717) is 98.8 Å². The lowest BCUT2D eigenvalue weighted by Gasteiger charge is -2.41. The van der Waals surface area contributed by atoms with Crippen molar-refractivity contribution in [1.29, 1.82) is 0 Å². The van der Waals surface area contributed by atoms with Crippen LogP contribution in [-0.4, -0.2) is 173 Å². The van der Waals surface area contributed by atoms with Crippen LogP contribution >= 0.6 is 11.6 Å². The normalized spacial score (nSPS) is 20.0. The Morgan fingerprint density at radius 3 is 2.14 bits per heavy atom. The van der Waals surface area contributed by atoms with Crippen LogP contribution in [0.4, 0.5) is 4.39 Å². The molecule has 1 aliphatic carbocycles. The predicted molar refractivity (Wildman–Crippen MR) is 281 cm³/mol. The van der Waals surface area contributed by atoms with E-state index in [2.05, 4.69) is 25.3 Å². The van der Waals surface area contributed by atoms with Crippen LogP contribution in [0.25, 0.3) is 10.8 Å². The molecule has 392 valence electrons. The second-order valence-electron chi connectivity index (χ2n) is 20.3. The van der Waals surface area contributed by atoms with Gasteiger partial charge in [-0.05, 0) is 105 Å². The quantitative estimate of drug-likeness (QED) is 0.150. The number of H-pyrrole nitrogens is 1. The molecule has 5 fully saturated rings. The molecule has 0 radical (unpaired) electrons. The molecule has 15 nitrogen and oxygen atoms in total. The summed E-state index contributed by atoms with van der Waals surface area (Å²) in [6, 6.07) is 18.7. The summed E-state index contributed by atoms with van der Waals surface area (Å²) in [5.41, 5.74) is 2.57. The maximum Gasteiger partial charge on any atom is 0.272 e. The van der Waals surface area contributed by atoms with Gasteiger partial charge in [0.1, 0.15) is 17.7 Å². The Bertz CT molecular complexity index is 2620. The lowest BCUT2D eigenvalue weighted by Crippen LogP contribution is -2.57. The summed E-state index contributed by atoms with van der Waals surface area (Å²) in [5, 5.41) is 11.2. The minimum Gasteiger partial charge on any atom is -0.341 e. The zero-order valence-electron chi connectivity index (χ0n) is 42.7. The summed E-state index contributed by atoms with van der Waals surface area (Å²) in [4.78, 5) is 91.8. The number of fused-ring (bicyclic) bond motifs is 1. The molecule has 2 atom stereocenters. The van der Waals surface area contributed by atoms with E-state index in [4.69, 9.17) is 11.6 Å². The number of aromatic nitrogens is 2. The van der Waals surface area contributed by atoms with Gasteiger partial charge in [-0.3, -0.25) is 38.6 Å². The van der Waals surface area contributed by atoms with Crippen molar-refractivity contribution in [1.82, 2.24) is 44.9 Å². The Morgan fingerprint density at radius 1 is 0.712 bits per heavy atom. The lowest BCUT2D eigenvalue weighted by molar-refractivity contribution is -0.137. The SMILES string of the molecule is CC.O=C(NC(C(=O)N1CCN(CC2CCN(CC(=O)N3CCN(C(=O)c4cc(Cc5n[nH]c(=O)c6ccccc56)ccc4F)CC3)CC2)CC1)C1CCCCC1)c1cccc(C2CCCN(C(=O)CCl)C2)c1. The first-order valence-electron chi connectivity index (χ1n) is 26.8. The van der Waals surface area contributed by atoms with Gasteiger partial charge in [-0.2, -0.15) is 5.10 Å². The fraction of sp³-hybridized carbons (Fsp3) is 0.554. The number of hydrogen-bond acceptors (Lipinski definition) is 9. The molecule has 1 aromatic heterocycles. The molecule has 4 aromatic rings. The molecule has 3 aromatic carbocycles. The molecule has 2 N–H and O–H groups in total. The van der Waals surface area contributed by atoms with Gasteiger partial charge in [0.2, 0.25) is 17.7 Å². The molecule has 2 unspecified atom stereocenters. The molecular weight excluding hydrogens is 949 g/mol. The fourth-order valence-electron chi connectivity index (χ4n) is 11.6. The Labute approximate surface area is 433 Å². The minimum atomic E-state index is -0.607. The van der Waals surface area contributed by atoms with E-state index in [9.17, 15) is 28.8 Å². The van der Waals surface area contributed by atoms with Crippen LogP contribution < -0.4 is 10.9 Å². The lowest BCUT2D eigenvalue weighted by atomic mass is 9.83. The van der Waals surface area contributed by atoms with E-state index in [1.54, 1.807) is 34.1 Å².